The number of esters is 1. The van der Waals surface area contributed by atoms with Gasteiger partial charge in [0.15, 0.2) is 5.79 Å². The minimum Gasteiger partial charge on any atom is -0.469 e. The number of thioether (sulfide) groups is 1. The normalized spacial score (nSPS) is 27.6. The van der Waals surface area contributed by atoms with Gasteiger partial charge in [0.1, 0.15) is 0 Å². The van der Waals surface area contributed by atoms with Gasteiger partial charge in [-0.05, 0) is 12.8 Å². The lowest BCUT2D eigenvalue weighted by atomic mass is 10.2. The molecule has 5 heteroatoms. The van der Waals surface area contributed by atoms with Crippen molar-refractivity contribution in [3.63, 3.8) is 0 Å². The summed E-state index contributed by atoms with van der Waals surface area (Å²) >= 11 is 1.75. The van der Waals surface area contributed by atoms with Crippen molar-refractivity contribution in [2.24, 2.45) is 0 Å². The van der Waals surface area contributed by atoms with Crippen LogP contribution >= 0.6 is 11.8 Å². The molecule has 1 aliphatic carbocycles. The summed E-state index contributed by atoms with van der Waals surface area (Å²) in [6, 6.07) is 0. The Morgan fingerprint density at radius 2 is 2.22 bits per heavy atom. The smallest absolute Gasteiger partial charge is 0.306 e. The van der Waals surface area contributed by atoms with E-state index in [2.05, 4.69) is 4.74 Å². The highest BCUT2D eigenvalue weighted by molar-refractivity contribution is 7.99. The topological polar surface area (TPSA) is 44.8 Å². The Morgan fingerprint density at radius 3 is 2.89 bits per heavy atom. The molecule has 0 aromatic heterocycles. The number of hydrogen-bond acceptors (Lipinski definition) is 5. The molecule has 0 radical (unpaired) electrons. The molecule has 2 fully saturated rings. The second-order valence-corrected chi connectivity index (χ2v) is 6.56. The summed E-state index contributed by atoms with van der Waals surface area (Å²) in [6.07, 6.45) is 5.11. The Morgan fingerprint density at radius 1 is 1.50 bits per heavy atom. The van der Waals surface area contributed by atoms with Gasteiger partial charge in [0.2, 0.25) is 0 Å². The molecule has 0 N–H and O–H groups in total. The fourth-order valence-electron chi connectivity index (χ4n) is 2.52. The van der Waals surface area contributed by atoms with E-state index in [1.165, 1.54) is 20.0 Å². The van der Waals surface area contributed by atoms with E-state index >= 15 is 0 Å². The van der Waals surface area contributed by atoms with E-state index in [9.17, 15) is 4.79 Å². The fourth-order valence-corrected chi connectivity index (χ4v) is 3.48. The van der Waals surface area contributed by atoms with E-state index in [1.54, 1.807) is 11.8 Å². The molecule has 0 amide bonds. The molecule has 1 spiro atoms. The molecule has 104 valence electrons. The third-order valence-corrected chi connectivity index (χ3v) is 4.83. The number of carbonyl (C=O) groups is 1. The Bertz CT molecular complexity index is 289. The van der Waals surface area contributed by atoms with Crippen LogP contribution in [0.2, 0.25) is 0 Å². The Labute approximate surface area is 113 Å². The second-order valence-electron chi connectivity index (χ2n) is 5.09. The zero-order chi connectivity index (χ0) is 13.0. The summed E-state index contributed by atoms with van der Waals surface area (Å²) in [5.74, 6) is 0.474. The van der Waals surface area contributed by atoms with Gasteiger partial charge in [-0.2, -0.15) is 11.8 Å². The maximum atomic E-state index is 11.1. The van der Waals surface area contributed by atoms with Gasteiger partial charge in [0.05, 0.1) is 26.2 Å². The third-order valence-electron chi connectivity index (χ3n) is 3.53. The van der Waals surface area contributed by atoms with Gasteiger partial charge in [0.25, 0.3) is 0 Å². The van der Waals surface area contributed by atoms with Crippen molar-refractivity contribution < 1.29 is 19.0 Å². The van der Waals surface area contributed by atoms with E-state index in [1.807, 2.05) is 6.92 Å². The maximum Gasteiger partial charge on any atom is 0.306 e. The van der Waals surface area contributed by atoms with Crippen LogP contribution in [0.4, 0.5) is 0 Å². The Kier molecular flexibility index (Phi) is 4.92. The average Bonchev–Trinajstić information content (AvgIpc) is 2.98. The molecule has 18 heavy (non-hydrogen) atoms. The SMILES string of the molecule is COC(=O)CC(C)SCC1COC2(CCCC2)O1. The maximum absolute atomic E-state index is 11.1. The molecule has 1 aliphatic heterocycles. The highest BCUT2D eigenvalue weighted by Crippen LogP contribution is 2.40. The van der Waals surface area contributed by atoms with Crippen LogP contribution in [0.5, 0.6) is 0 Å². The van der Waals surface area contributed by atoms with Gasteiger partial charge in [-0.1, -0.05) is 6.92 Å². The highest BCUT2D eigenvalue weighted by Gasteiger charge is 2.43. The summed E-state index contributed by atoms with van der Waals surface area (Å²) in [7, 11) is 1.43. The second kappa shape index (κ2) is 6.26. The van der Waals surface area contributed by atoms with Crippen LogP contribution in [-0.4, -0.2) is 42.6 Å². The average molecular weight is 274 g/mol. The summed E-state index contributed by atoms with van der Waals surface area (Å²) in [4.78, 5) is 11.1. The molecule has 2 aliphatic rings. The molecule has 2 atom stereocenters. The van der Waals surface area contributed by atoms with Crippen molar-refractivity contribution >= 4 is 17.7 Å². The van der Waals surface area contributed by atoms with Gasteiger partial charge in [-0.15, -0.1) is 0 Å². The number of rotatable bonds is 5. The molecule has 0 aromatic carbocycles. The van der Waals surface area contributed by atoms with Crippen LogP contribution in [0, 0.1) is 0 Å². The van der Waals surface area contributed by atoms with Gasteiger partial charge in [-0.3, -0.25) is 4.79 Å². The lowest BCUT2D eigenvalue weighted by Crippen LogP contribution is -2.27. The lowest BCUT2D eigenvalue weighted by Gasteiger charge is -2.22. The third kappa shape index (κ3) is 3.62. The van der Waals surface area contributed by atoms with E-state index in [0.717, 1.165) is 18.6 Å². The molecule has 2 unspecified atom stereocenters. The number of ether oxygens (including phenoxy) is 3. The molecule has 1 saturated carbocycles. The summed E-state index contributed by atoms with van der Waals surface area (Å²) in [5, 5.41) is 0.265. The van der Waals surface area contributed by atoms with Crippen LogP contribution in [0.25, 0.3) is 0 Å². The van der Waals surface area contributed by atoms with Crippen molar-refractivity contribution in [3.8, 4) is 0 Å². The quantitative estimate of drug-likeness (QED) is 0.720. The van der Waals surface area contributed by atoms with Gasteiger partial charge < -0.3 is 14.2 Å². The van der Waals surface area contributed by atoms with Gasteiger partial charge >= 0.3 is 5.97 Å². The van der Waals surface area contributed by atoms with Crippen molar-refractivity contribution in [3.05, 3.63) is 0 Å². The van der Waals surface area contributed by atoms with Crippen molar-refractivity contribution in [1.29, 1.82) is 0 Å². The van der Waals surface area contributed by atoms with Crippen molar-refractivity contribution in [2.45, 2.75) is 56.2 Å². The zero-order valence-electron chi connectivity index (χ0n) is 11.1. The van der Waals surface area contributed by atoms with Crippen LogP contribution in [0.3, 0.4) is 0 Å². The number of carbonyl (C=O) groups excluding carboxylic acids is 1. The molecule has 0 aromatic rings. The summed E-state index contributed by atoms with van der Waals surface area (Å²) < 4.78 is 16.5. The lowest BCUT2D eigenvalue weighted by molar-refractivity contribution is -0.159. The first-order valence-electron chi connectivity index (χ1n) is 6.64. The standard InChI is InChI=1S/C13H22O4S/c1-10(7-12(14)15-2)18-9-11-8-16-13(17-11)5-3-4-6-13/h10-11H,3-9H2,1-2H3. The van der Waals surface area contributed by atoms with E-state index in [-0.39, 0.29) is 23.1 Å². The monoisotopic (exact) mass is 274 g/mol. The molecule has 4 nitrogen and oxygen atoms in total. The van der Waals surface area contributed by atoms with Gasteiger partial charge in [0, 0.05) is 23.8 Å². The minimum absolute atomic E-state index is 0.147. The molecule has 1 heterocycles. The number of methoxy groups -OCH3 is 1. The first-order chi connectivity index (χ1) is 8.63. The first kappa shape index (κ1) is 14.2. The van der Waals surface area contributed by atoms with E-state index in [4.69, 9.17) is 9.47 Å². The fraction of sp³-hybridized carbons (Fsp3) is 0.923. The van der Waals surface area contributed by atoms with Crippen molar-refractivity contribution in [1.82, 2.24) is 0 Å². The Hall–Kier alpha value is -0.260. The molecule has 0 bridgehead atoms. The van der Waals surface area contributed by atoms with Crippen LogP contribution in [0.1, 0.15) is 39.0 Å². The predicted molar refractivity (Wildman–Crippen MR) is 70.6 cm³/mol. The largest absolute Gasteiger partial charge is 0.469 e. The summed E-state index contributed by atoms with van der Waals surface area (Å²) in [6.45, 7) is 2.74. The van der Waals surface area contributed by atoms with Crippen LogP contribution in [-0.2, 0) is 19.0 Å². The predicted octanol–water partition coefficient (Wildman–Crippen LogP) is 2.36. The van der Waals surface area contributed by atoms with E-state index in [0.29, 0.717) is 13.0 Å². The Balaban J connectivity index is 1.67. The van der Waals surface area contributed by atoms with Gasteiger partial charge in [-0.25, -0.2) is 0 Å². The van der Waals surface area contributed by atoms with Crippen LogP contribution in [0.15, 0.2) is 0 Å². The first-order valence-corrected chi connectivity index (χ1v) is 7.69. The molecular weight excluding hydrogens is 252 g/mol. The van der Waals surface area contributed by atoms with E-state index < -0.39 is 0 Å². The molecule has 2 rings (SSSR count). The number of hydrogen-bond donors (Lipinski definition) is 0. The molecular formula is C13H22O4S. The summed E-state index contributed by atoms with van der Waals surface area (Å²) in [5.41, 5.74) is 0. The van der Waals surface area contributed by atoms with Crippen LogP contribution < -0.4 is 0 Å². The molecule has 1 saturated heterocycles. The highest BCUT2D eigenvalue weighted by atomic mass is 32.2. The minimum atomic E-state index is -0.267. The zero-order valence-corrected chi connectivity index (χ0v) is 12.0. The van der Waals surface area contributed by atoms with Crippen molar-refractivity contribution in [2.75, 3.05) is 19.5 Å².